The number of methoxy groups -OCH3 is 1. The largest absolute Gasteiger partial charge is 0.504 e. The van der Waals surface area contributed by atoms with Crippen LogP contribution in [0.4, 0.5) is 0 Å². The molecule has 0 aliphatic carbocycles. The van der Waals surface area contributed by atoms with Gasteiger partial charge in [-0.2, -0.15) is 0 Å². The van der Waals surface area contributed by atoms with Gasteiger partial charge in [0.15, 0.2) is 11.5 Å². The van der Waals surface area contributed by atoms with Gasteiger partial charge in [0.2, 0.25) is 0 Å². The molecule has 1 aromatic heterocycles. The van der Waals surface area contributed by atoms with Gasteiger partial charge in [-0.3, -0.25) is 0 Å². The number of nitrogens with zero attached hydrogens (tertiary/aromatic N) is 1. The molecule has 1 aromatic carbocycles. The maximum absolute atomic E-state index is 9.79. The number of H-pyrrole nitrogens is 1. The highest BCUT2D eigenvalue weighted by atomic mass is 16.5. The summed E-state index contributed by atoms with van der Waals surface area (Å²) in [5, 5.41) is 9.79. The zero-order valence-electron chi connectivity index (χ0n) is 7.69. The Morgan fingerprint density at radius 3 is 2.93 bits per heavy atom. The first kappa shape index (κ1) is 8.62. The minimum absolute atomic E-state index is 0.124. The van der Waals surface area contributed by atoms with Crippen molar-refractivity contribution in [1.29, 1.82) is 0 Å². The van der Waals surface area contributed by atoms with Crippen molar-refractivity contribution in [3.05, 3.63) is 30.7 Å². The molecule has 2 rings (SSSR count). The monoisotopic (exact) mass is 190 g/mol. The van der Waals surface area contributed by atoms with Gasteiger partial charge in [-0.05, 0) is 12.1 Å². The zero-order chi connectivity index (χ0) is 9.97. The Morgan fingerprint density at radius 1 is 1.43 bits per heavy atom. The van der Waals surface area contributed by atoms with Crippen LogP contribution < -0.4 is 4.74 Å². The molecule has 0 atom stereocenters. The van der Waals surface area contributed by atoms with Gasteiger partial charge in [0, 0.05) is 5.56 Å². The SMILES string of the molecule is COc1cccc(-c2cnc[nH]2)c1O. The number of para-hydroxylation sites is 1. The van der Waals surface area contributed by atoms with Gasteiger partial charge < -0.3 is 14.8 Å². The first-order valence-electron chi connectivity index (χ1n) is 4.17. The first-order chi connectivity index (χ1) is 6.83. The van der Waals surface area contributed by atoms with Crippen molar-refractivity contribution >= 4 is 0 Å². The second-order valence-electron chi connectivity index (χ2n) is 2.82. The lowest BCUT2D eigenvalue weighted by Crippen LogP contribution is -1.85. The molecule has 14 heavy (non-hydrogen) atoms. The summed E-state index contributed by atoms with van der Waals surface area (Å²) in [6.45, 7) is 0. The molecular weight excluding hydrogens is 180 g/mol. The summed E-state index contributed by atoms with van der Waals surface area (Å²) >= 11 is 0. The third-order valence-corrected chi connectivity index (χ3v) is 2.01. The maximum Gasteiger partial charge on any atom is 0.167 e. The Hall–Kier alpha value is -1.97. The molecule has 4 heteroatoms. The lowest BCUT2D eigenvalue weighted by atomic mass is 10.1. The molecule has 0 saturated heterocycles. The predicted molar refractivity (Wildman–Crippen MR) is 52.2 cm³/mol. The van der Waals surface area contributed by atoms with E-state index in [0.717, 1.165) is 5.69 Å². The van der Waals surface area contributed by atoms with Gasteiger partial charge in [-0.1, -0.05) is 6.07 Å². The number of hydrogen-bond donors (Lipinski definition) is 2. The molecule has 0 aliphatic rings. The van der Waals surface area contributed by atoms with E-state index in [1.54, 1.807) is 24.7 Å². The maximum atomic E-state index is 9.79. The average Bonchev–Trinajstić information content (AvgIpc) is 2.71. The summed E-state index contributed by atoms with van der Waals surface area (Å²) in [4.78, 5) is 6.81. The Bertz CT molecular complexity index is 424. The summed E-state index contributed by atoms with van der Waals surface area (Å²) in [6.07, 6.45) is 3.21. The fraction of sp³-hybridized carbons (Fsp3) is 0.100. The molecule has 0 fully saturated rings. The highest BCUT2D eigenvalue weighted by Crippen LogP contribution is 2.35. The van der Waals surface area contributed by atoms with Gasteiger partial charge in [0.1, 0.15) is 0 Å². The van der Waals surface area contributed by atoms with Crippen LogP contribution in [0.15, 0.2) is 30.7 Å². The zero-order valence-corrected chi connectivity index (χ0v) is 7.69. The lowest BCUT2D eigenvalue weighted by molar-refractivity contribution is 0.374. The molecule has 0 aliphatic heterocycles. The summed E-state index contributed by atoms with van der Waals surface area (Å²) in [5.74, 6) is 0.580. The summed E-state index contributed by atoms with van der Waals surface area (Å²) in [6, 6.07) is 5.31. The van der Waals surface area contributed by atoms with Crippen molar-refractivity contribution in [1.82, 2.24) is 9.97 Å². The van der Waals surface area contributed by atoms with Gasteiger partial charge >= 0.3 is 0 Å². The van der Waals surface area contributed by atoms with Crippen LogP contribution in [0, 0.1) is 0 Å². The molecule has 0 bridgehead atoms. The summed E-state index contributed by atoms with van der Waals surface area (Å²) in [7, 11) is 1.52. The molecule has 0 amide bonds. The predicted octanol–water partition coefficient (Wildman–Crippen LogP) is 1.79. The molecule has 0 unspecified atom stereocenters. The number of phenols is 1. The van der Waals surface area contributed by atoms with Crippen LogP contribution in [0.5, 0.6) is 11.5 Å². The third kappa shape index (κ3) is 1.31. The van der Waals surface area contributed by atoms with Crippen LogP contribution in [-0.2, 0) is 0 Å². The molecule has 4 nitrogen and oxygen atoms in total. The Kier molecular flexibility index (Phi) is 2.10. The van der Waals surface area contributed by atoms with Crippen LogP contribution in [0.25, 0.3) is 11.3 Å². The average molecular weight is 190 g/mol. The van der Waals surface area contributed by atoms with Crippen molar-refractivity contribution in [2.75, 3.05) is 7.11 Å². The van der Waals surface area contributed by atoms with E-state index in [1.807, 2.05) is 6.07 Å². The van der Waals surface area contributed by atoms with E-state index in [1.165, 1.54) is 7.11 Å². The van der Waals surface area contributed by atoms with Crippen molar-refractivity contribution in [2.45, 2.75) is 0 Å². The minimum atomic E-state index is 0.124. The molecule has 2 N–H and O–H groups in total. The minimum Gasteiger partial charge on any atom is -0.504 e. The van der Waals surface area contributed by atoms with Crippen LogP contribution in [0.2, 0.25) is 0 Å². The fourth-order valence-corrected chi connectivity index (χ4v) is 1.31. The highest BCUT2D eigenvalue weighted by Gasteiger charge is 2.09. The lowest BCUT2D eigenvalue weighted by Gasteiger charge is -2.06. The van der Waals surface area contributed by atoms with E-state index in [2.05, 4.69) is 9.97 Å². The van der Waals surface area contributed by atoms with E-state index in [-0.39, 0.29) is 5.75 Å². The smallest absolute Gasteiger partial charge is 0.167 e. The number of rotatable bonds is 2. The van der Waals surface area contributed by atoms with Crippen molar-refractivity contribution in [3.8, 4) is 22.8 Å². The fourth-order valence-electron chi connectivity index (χ4n) is 1.31. The molecule has 0 saturated carbocycles. The molecular formula is C10H10N2O2. The van der Waals surface area contributed by atoms with Gasteiger partial charge in [-0.25, -0.2) is 4.98 Å². The second kappa shape index (κ2) is 3.41. The Labute approximate surface area is 81.2 Å². The number of imidazole rings is 1. The van der Waals surface area contributed by atoms with E-state index < -0.39 is 0 Å². The van der Waals surface area contributed by atoms with E-state index in [9.17, 15) is 5.11 Å². The number of aromatic amines is 1. The van der Waals surface area contributed by atoms with Crippen LogP contribution in [0.3, 0.4) is 0 Å². The molecule has 0 spiro atoms. The summed E-state index contributed by atoms with van der Waals surface area (Å²) < 4.78 is 5.00. The van der Waals surface area contributed by atoms with Gasteiger partial charge in [-0.15, -0.1) is 0 Å². The quantitative estimate of drug-likeness (QED) is 0.759. The molecule has 72 valence electrons. The van der Waals surface area contributed by atoms with Gasteiger partial charge in [0.25, 0.3) is 0 Å². The van der Waals surface area contributed by atoms with E-state index in [0.29, 0.717) is 11.3 Å². The number of hydrogen-bond acceptors (Lipinski definition) is 3. The highest BCUT2D eigenvalue weighted by molar-refractivity contribution is 5.69. The third-order valence-electron chi connectivity index (χ3n) is 2.01. The van der Waals surface area contributed by atoms with Gasteiger partial charge in [0.05, 0.1) is 25.3 Å². The van der Waals surface area contributed by atoms with Crippen molar-refractivity contribution in [3.63, 3.8) is 0 Å². The Balaban J connectivity index is 2.54. The van der Waals surface area contributed by atoms with Crippen LogP contribution in [-0.4, -0.2) is 22.2 Å². The number of ether oxygens (including phenoxy) is 1. The number of phenolic OH excluding ortho intramolecular Hbond substituents is 1. The Morgan fingerprint density at radius 2 is 2.29 bits per heavy atom. The number of aromatic hydroxyl groups is 1. The topological polar surface area (TPSA) is 58.1 Å². The molecule has 2 aromatic rings. The second-order valence-corrected chi connectivity index (χ2v) is 2.82. The number of aromatic nitrogens is 2. The van der Waals surface area contributed by atoms with Crippen LogP contribution >= 0.6 is 0 Å². The number of nitrogens with one attached hydrogen (secondary N) is 1. The molecule has 0 radical (unpaired) electrons. The van der Waals surface area contributed by atoms with Crippen LogP contribution in [0.1, 0.15) is 0 Å². The number of benzene rings is 1. The summed E-state index contributed by atoms with van der Waals surface area (Å²) in [5.41, 5.74) is 1.45. The van der Waals surface area contributed by atoms with Crippen molar-refractivity contribution in [2.24, 2.45) is 0 Å². The first-order valence-corrected chi connectivity index (χ1v) is 4.17. The van der Waals surface area contributed by atoms with Crippen molar-refractivity contribution < 1.29 is 9.84 Å². The normalized spacial score (nSPS) is 10.1. The van der Waals surface area contributed by atoms with E-state index in [4.69, 9.17) is 4.74 Å². The van der Waals surface area contributed by atoms with E-state index >= 15 is 0 Å². The molecule has 1 heterocycles. The standard InChI is InChI=1S/C10H10N2O2/c1-14-9-4-2-3-7(10(9)13)8-5-11-6-12-8/h2-6,13H,1H3,(H,11,12).